The van der Waals surface area contributed by atoms with E-state index < -0.39 is 0 Å². The standard InChI is InChI=1S/C34H38N2O3S/c1-6-25(32-22-29-10-8-7-9-11-31(29)40-32)21-28-17-19-36(24(28)4)30(20-23(2)3)26-12-14-27(15-13-26)34(38)35-18-16-33(37)39-5/h6-10,12-15,17,19,21-23,30H,4,11,16,18,20H2,1-3,5H3,(H,35,38)/b25-6+,28-21-. The summed E-state index contributed by atoms with van der Waals surface area (Å²) in [6.45, 7) is 11.2. The van der Waals surface area contributed by atoms with Crippen molar-refractivity contribution in [2.24, 2.45) is 5.92 Å². The summed E-state index contributed by atoms with van der Waals surface area (Å²) in [5.41, 5.74) is 4.18. The molecule has 0 saturated heterocycles. The van der Waals surface area contributed by atoms with Crippen LogP contribution in [0.5, 0.6) is 0 Å². The Balaban J connectivity index is 1.58. The Kier molecular flexibility index (Phi) is 9.78. The maximum Gasteiger partial charge on any atom is 0.307 e. The van der Waals surface area contributed by atoms with Crippen LogP contribution in [0.2, 0.25) is 0 Å². The van der Waals surface area contributed by atoms with Crippen molar-refractivity contribution in [3.63, 3.8) is 0 Å². The molecule has 1 amide bonds. The first kappa shape index (κ1) is 29.1. The number of rotatable bonds is 10. The van der Waals surface area contributed by atoms with E-state index in [1.165, 1.54) is 28.0 Å². The van der Waals surface area contributed by atoms with Gasteiger partial charge in [0, 0.05) is 39.8 Å². The van der Waals surface area contributed by atoms with Crippen molar-refractivity contribution in [3.05, 3.63) is 104 Å². The Hall–Kier alpha value is -3.90. The summed E-state index contributed by atoms with van der Waals surface area (Å²) in [4.78, 5) is 26.5. The van der Waals surface area contributed by atoms with Gasteiger partial charge in [0.1, 0.15) is 0 Å². The average molecular weight is 555 g/mol. The van der Waals surface area contributed by atoms with E-state index in [0.29, 0.717) is 11.5 Å². The van der Waals surface area contributed by atoms with Crippen LogP contribution in [-0.4, -0.2) is 30.1 Å². The Morgan fingerprint density at radius 2 is 1.95 bits per heavy atom. The van der Waals surface area contributed by atoms with Crippen LogP contribution < -0.4 is 15.9 Å². The molecule has 2 aromatic heterocycles. The first-order chi connectivity index (χ1) is 19.3. The number of aromatic nitrogens is 1. The van der Waals surface area contributed by atoms with E-state index in [4.69, 9.17) is 0 Å². The highest BCUT2D eigenvalue weighted by Gasteiger charge is 2.17. The number of nitrogens with one attached hydrogen (secondary N) is 1. The normalized spacial score (nSPS) is 14.2. The summed E-state index contributed by atoms with van der Waals surface area (Å²) >= 11 is 1.85. The minimum absolute atomic E-state index is 0.0925. The molecule has 1 atom stereocenters. The minimum atomic E-state index is -0.347. The van der Waals surface area contributed by atoms with E-state index in [1.54, 1.807) is 0 Å². The maximum absolute atomic E-state index is 12.5. The third-order valence-corrected chi connectivity index (χ3v) is 8.29. The third-order valence-electron chi connectivity index (χ3n) is 7.06. The number of nitrogens with zero attached hydrogens (tertiary/aromatic N) is 1. The van der Waals surface area contributed by atoms with Crippen LogP contribution in [0, 0.1) is 5.92 Å². The van der Waals surface area contributed by atoms with E-state index in [9.17, 15) is 9.59 Å². The fraction of sp³-hybridized carbons (Fsp3) is 0.294. The largest absolute Gasteiger partial charge is 0.469 e. The molecule has 0 aliphatic heterocycles. The quantitative estimate of drug-likeness (QED) is 0.318. The summed E-state index contributed by atoms with van der Waals surface area (Å²) in [5, 5.41) is 4.84. The van der Waals surface area contributed by atoms with Gasteiger partial charge in [-0.15, -0.1) is 11.3 Å². The van der Waals surface area contributed by atoms with Crippen LogP contribution in [0.15, 0.2) is 66.9 Å². The van der Waals surface area contributed by atoms with Crippen LogP contribution in [0.25, 0.3) is 24.3 Å². The molecule has 1 aromatic carbocycles. The Morgan fingerprint density at radius 1 is 1.18 bits per heavy atom. The molecule has 2 heterocycles. The zero-order valence-electron chi connectivity index (χ0n) is 23.8. The van der Waals surface area contributed by atoms with E-state index in [1.807, 2.05) is 35.6 Å². The van der Waals surface area contributed by atoms with Crippen molar-refractivity contribution in [1.82, 2.24) is 9.88 Å². The van der Waals surface area contributed by atoms with Crippen molar-refractivity contribution in [1.29, 1.82) is 0 Å². The van der Waals surface area contributed by atoms with Crippen LogP contribution in [0.3, 0.4) is 0 Å². The summed E-state index contributed by atoms with van der Waals surface area (Å²) in [6, 6.07) is 12.2. The van der Waals surface area contributed by atoms with Crippen molar-refractivity contribution in [2.45, 2.75) is 46.1 Å². The van der Waals surface area contributed by atoms with Gasteiger partial charge in [-0.3, -0.25) is 9.59 Å². The summed E-state index contributed by atoms with van der Waals surface area (Å²) in [5.74, 6) is -0.0846. The number of carbonyl (C=O) groups is 2. The molecule has 0 bridgehead atoms. The molecule has 0 radical (unpaired) electrons. The summed E-state index contributed by atoms with van der Waals surface area (Å²) < 4.78 is 6.88. The highest BCUT2D eigenvalue weighted by atomic mass is 32.1. The van der Waals surface area contributed by atoms with Gasteiger partial charge in [-0.1, -0.05) is 62.9 Å². The van der Waals surface area contributed by atoms with Crippen LogP contribution in [0.4, 0.5) is 0 Å². The van der Waals surface area contributed by atoms with Crippen molar-refractivity contribution in [3.8, 4) is 0 Å². The van der Waals surface area contributed by atoms with E-state index in [-0.39, 0.29) is 30.9 Å². The van der Waals surface area contributed by atoms with Crippen molar-refractivity contribution < 1.29 is 14.3 Å². The molecule has 0 spiro atoms. The van der Waals surface area contributed by atoms with Gasteiger partial charge < -0.3 is 14.6 Å². The molecule has 1 aliphatic carbocycles. The molecule has 40 heavy (non-hydrogen) atoms. The van der Waals surface area contributed by atoms with E-state index in [2.05, 4.69) is 96.8 Å². The number of benzene rings is 1. The molecule has 4 rings (SSSR count). The molecular formula is C34H38N2O3S. The van der Waals surface area contributed by atoms with Gasteiger partial charge in [-0.2, -0.15) is 0 Å². The predicted molar refractivity (Wildman–Crippen MR) is 167 cm³/mol. The number of esters is 1. The Morgan fingerprint density at radius 3 is 2.65 bits per heavy atom. The molecule has 0 saturated carbocycles. The number of hydrogen-bond acceptors (Lipinski definition) is 4. The van der Waals surface area contributed by atoms with E-state index in [0.717, 1.165) is 29.0 Å². The number of amides is 1. The lowest BCUT2D eigenvalue weighted by atomic mass is 9.96. The zero-order valence-corrected chi connectivity index (χ0v) is 24.6. The summed E-state index contributed by atoms with van der Waals surface area (Å²) in [7, 11) is 1.34. The first-order valence-electron chi connectivity index (χ1n) is 13.8. The molecular weight excluding hydrogens is 516 g/mol. The highest BCUT2D eigenvalue weighted by molar-refractivity contribution is 7.13. The Bertz CT molecular complexity index is 1550. The fourth-order valence-electron chi connectivity index (χ4n) is 4.88. The van der Waals surface area contributed by atoms with Gasteiger partial charge in [0.05, 0.1) is 19.6 Å². The lowest BCUT2D eigenvalue weighted by Gasteiger charge is -2.22. The molecule has 0 fully saturated rings. The predicted octanol–water partition coefficient (Wildman–Crippen LogP) is 5.90. The second kappa shape index (κ2) is 13.4. The number of fused-ring (bicyclic) bond motifs is 1. The fourth-order valence-corrected chi connectivity index (χ4v) is 6.05. The minimum Gasteiger partial charge on any atom is -0.469 e. The van der Waals surface area contributed by atoms with Crippen molar-refractivity contribution in [2.75, 3.05) is 13.7 Å². The smallest absolute Gasteiger partial charge is 0.307 e. The molecule has 5 nitrogen and oxygen atoms in total. The SMILES string of the molecule is C=c1/c(=C\C(=C/C)c2cc3c(s2)CC=CC=C3)ccn1C(CC(C)C)c1ccc(C(=O)NCCC(=O)OC)cc1. The van der Waals surface area contributed by atoms with Gasteiger partial charge in [0.25, 0.3) is 5.91 Å². The molecule has 208 valence electrons. The number of methoxy groups -OCH3 is 1. The summed E-state index contributed by atoms with van der Waals surface area (Å²) in [6.07, 6.45) is 17.2. The van der Waals surface area contributed by atoms with Crippen LogP contribution >= 0.6 is 11.3 Å². The number of ether oxygens (including phenoxy) is 1. The van der Waals surface area contributed by atoms with Gasteiger partial charge in [-0.05, 0) is 71.5 Å². The van der Waals surface area contributed by atoms with Crippen LogP contribution in [-0.2, 0) is 16.0 Å². The second-order valence-electron chi connectivity index (χ2n) is 10.3. The van der Waals surface area contributed by atoms with Gasteiger partial charge in [-0.25, -0.2) is 0 Å². The number of allylic oxidation sites excluding steroid dienone is 5. The second-order valence-corrected chi connectivity index (χ2v) is 11.5. The van der Waals surface area contributed by atoms with Crippen LogP contribution in [0.1, 0.15) is 70.9 Å². The van der Waals surface area contributed by atoms with Gasteiger partial charge >= 0.3 is 5.97 Å². The van der Waals surface area contributed by atoms with E-state index >= 15 is 0 Å². The van der Waals surface area contributed by atoms with Gasteiger partial charge in [0.2, 0.25) is 0 Å². The maximum atomic E-state index is 12.5. The molecule has 3 aromatic rings. The third kappa shape index (κ3) is 6.99. The van der Waals surface area contributed by atoms with Crippen molar-refractivity contribution >= 4 is 47.5 Å². The molecule has 1 N–H and O–H groups in total. The average Bonchev–Trinajstić information content (AvgIpc) is 3.44. The lowest BCUT2D eigenvalue weighted by molar-refractivity contribution is -0.140. The number of hydrogen-bond donors (Lipinski definition) is 1. The molecule has 6 heteroatoms. The first-order valence-corrected chi connectivity index (χ1v) is 14.6. The highest BCUT2D eigenvalue weighted by Crippen LogP contribution is 2.32. The van der Waals surface area contributed by atoms with Gasteiger partial charge in [0.15, 0.2) is 0 Å². The zero-order chi connectivity index (χ0) is 28.6. The Labute approximate surface area is 240 Å². The lowest BCUT2D eigenvalue weighted by Crippen LogP contribution is -2.31. The topological polar surface area (TPSA) is 60.3 Å². The monoisotopic (exact) mass is 554 g/mol. The number of carbonyl (C=O) groups excluding carboxylic acids is 2. The number of thiophene rings is 1. The molecule has 1 unspecified atom stereocenters. The molecule has 1 aliphatic rings.